The summed E-state index contributed by atoms with van der Waals surface area (Å²) in [5.74, 6) is 0.0724. The van der Waals surface area contributed by atoms with Gasteiger partial charge in [-0.05, 0) is 48.2 Å². The summed E-state index contributed by atoms with van der Waals surface area (Å²) in [7, 11) is 0. The molecule has 1 heterocycles. The molecule has 0 bridgehead atoms. The minimum atomic E-state index is -0.516. The van der Waals surface area contributed by atoms with Gasteiger partial charge in [0.15, 0.2) is 0 Å². The Kier molecular flexibility index (Phi) is 4.49. The smallest absolute Gasteiger partial charge is 0.230 e. The summed E-state index contributed by atoms with van der Waals surface area (Å²) in [6.07, 6.45) is 0.862. The highest BCUT2D eigenvalue weighted by Crippen LogP contribution is 2.26. The van der Waals surface area contributed by atoms with Gasteiger partial charge >= 0.3 is 0 Å². The number of rotatable bonds is 5. The van der Waals surface area contributed by atoms with E-state index in [9.17, 15) is 4.79 Å². The predicted molar refractivity (Wildman–Crippen MR) is 98.0 cm³/mol. The first-order chi connectivity index (χ1) is 11.1. The molecule has 0 saturated heterocycles. The molecule has 1 N–H and O–H groups in total. The highest BCUT2D eigenvalue weighted by Gasteiger charge is 2.29. The third kappa shape index (κ3) is 3.30. The fraction of sp³-hybridized carbons (Fsp3) is 0.250. The second-order valence-electron chi connectivity index (χ2n) is 6.25. The van der Waals surface area contributed by atoms with E-state index in [1.165, 1.54) is 15.6 Å². The van der Waals surface area contributed by atoms with E-state index in [0.29, 0.717) is 6.54 Å². The molecule has 0 aliphatic heterocycles. The maximum absolute atomic E-state index is 12.5. The summed E-state index contributed by atoms with van der Waals surface area (Å²) in [5, 5.41) is 6.58. The number of thiophene rings is 1. The van der Waals surface area contributed by atoms with Gasteiger partial charge in [-0.1, -0.05) is 48.5 Å². The van der Waals surface area contributed by atoms with Crippen LogP contribution in [0, 0.1) is 0 Å². The summed E-state index contributed by atoms with van der Waals surface area (Å²) in [6.45, 7) is 4.60. The number of carbonyl (C=O) groups excluding carboxylic acids is 1. The van der Waals surface area contributed by atoms with Crippen LogP contribution >= 0.6 is 11.3 Å². The third-order valence-corrected chi connectivity index (χ3v) is 5.32. The molecular formula is C20H21NOS. The molecule has 0 unspecified atom stereocenters. The second-order valence-corrected chi connectivity index (χ2v) is 7.17. The van der Waals surface area contributed by atoms with Crippen LogP contribution in [0.15, 0.2) is 60.0 Å². The first-order valence-electron chi connectivity index (χ1n) is 7.88. The lowest BCUT2D eigenvalue weighted by atomic mass is 9.84. The van der Waals surface area contributed by atoms with E-state index in [1.54, 1.807) is 11.3 Å². The van der Waals surface area contributed by atoms with Crippen LogP contribution in [0.4, 0.5) is 0 Å². The molecule has 1 amide bonds. The number of benzene rings is 2. The van der Waals surface area contributed by atoms with E-state index in [0.717, 1.165) is 12.0 Å². The van der Waals surface area contributed by atoms with E-state index in [2.05, 4.69) is 35.0 Å². The van der Waals surface area contributed by atoms with Crippen LogP contribution < -0.4 is 5.32 Å². The van der Waals surface area contributed by atoms with Gasteiger partial charge < -0.3 is 5.32 Å². The van der Waals surface area contributed by atoms with Crippen molar-refractivity contribution in [3.63, 3.8) is 0 Å². The molecule has 0 fully saturated rings. The van der Waals surface area contributed by atoms with Crippen molar-refractivity contribution >= 4 is 27.3 Å². The van der Waals surface area contributed by atoms with Crippen molar-refractivity contribution < 1.29 is 4.79 Å². The van der Waals surface area contributed by atoms with Crippen molar-refractivity contribution in [3.05, 3.63) is 71.1 Å². The normalized spacial score (nSPS) is 11.6. The lowest BCUT2D eigenvalue weighted by Crippen LogP contribution is -2.40. The van der Waals surface area contributed by atoms with E-state index in [1.807, 2.05) is 44.2 Å². The Morgan fingerprint density at radius 3 is 2.52 bits per heavy atom. The fourth-order valence-corrected chi connectivity index (χ4v) is 3.74. The van der Waals surface area contributed by atoms with E-state index < -0.39 is 5.41 Å². The molecule has 0 aliphatic carbocycles. The molecule has 0 spiro atoms. The van der Waals surface area contributed by atoms with Gasteiger partial charge in [-0.25, -0.2) is 0 Å². The lowest BCUT2D eigenvalue weighted by molar-refractivity contribution is -0.125. The van der Waals surface area contributed by atoms with Crippen molar-refractivity contribution in [1.29, 1.82) is 0 Å². The van der Waals surface area contributed by atoms with Crippen LogP contribution in [-0.2, 0) is 16.6 Å². The summed E-state index contributed by atoms with van der Waals surface area (Å²) in [6, 6.07) is 18.3. The number of hydrogen-bond donors (Lipinski definition) is 1. The average Bonchev–Trinajstić information content (AvgIpc) is 2.99. The molecule has 0 saturated carbocycles. The minimum Gasteiger partial charge on any atom is -0.355 e. The van der Waals surface area contributed by atoms with Gasteiger partial charge in [0.2, 0.25) is 5.91 Å². The lowest BCUT2D eigenvalue weighted by Gasteiger charge is -2.24. The minimum absolute atomic E-state index is 0.0724. The SMILES string of the molecule is CC(C)(C(=O)NCCc1csc2ccccc12)c1ccccc1. The van der Waals surface area contributed by atoms with E-state index in [-0.39, 0.29) is 5.91 Å². The van der Waals surface area contributed by atoms with Gasteiger partial charge in [-0.2, -0.15) is 0 Å². The molecular weight excluding hydrogens is 302 g/mol. The zero-order valence-corrected chi connectivity index (χ0v) is 14.3. The van der Waals surface area contributed by atoms with Crippen LogP contribution in [0.1, 0.15) is 25.0 Å². The Morgan fingerprint density at radius 1 is 1.04 bits per heavy atom. The number of fused-ring (bicyclic) bond motifs is 1. The summed E-state index contributed by atoms with van der Waals surface area (Å²) < 4.78 is 1.30. The Hall–Kier alpha value is -2.13. The molecule has 0 atom stereocenters. The van der Waals surface area contributed by atoms with Crippen molar-refractivity contribution in [2.24, 2.45) is 0 Å². The van der Waals surface area contributed by atoms with Crippen molar-refractivity contribution in [3.8, 4) is 0 Å². The fourth-order valence-electron chi connectivity index (χ4n) is 2.74. The number of amides is 1. The van der Waals surface area contributed by atoms with Crippen LogP contribution in [0.3, 0.4) is 0 Å². The van der Waals surface area contributed by atoms with Gasteiger partial charge in [0.1, 0.15) is 0 Å². The highest BCUT2D eigenvalue weighted by molar-refractivity contribution is 7.17. The maximum atomic E-state index is 12.5. The molecule has 2 aromatic carbocycles. The van der Waals surface area contributed by atoms with Crippen LogP contribution in [0.5, 0.6) is 0 Å². The van der Waals surface area contributed by atoms with Gasteiger partial charge in [-0.3, -0.25) is 4.79 Å². The molecule has 23 heavy (non-hydrogen) atoms. The van der Waals surface area contributed by atoms with Crippen molar-refractivity contribution in [2.75, 3.05) is 6.54 Å². The summed E-state index contributed by atoms with van der Waals surface area (Å²) in [4.78, 5) is 12.5. The topological polar surface area (TPSA) is 29.1 Å². The second kappa shape index (κ2) is 6.55. The van der Waals surface area contributed by atoms with Crippen LogP contribution in [0.2, 0.25) is 0 Å². The van der Waals surface area contributed by atoms with E-state index >= 15 is 0 Å². The Bertz CT molecular complexity index is 805. The van der Waals surface area contributed by atoms with Gasteiger partial charge in [0, 0.05) is 11.2 Å². The molecule has 0 aliphatic rings. The van der Waals surface area contributed by atoms with Crippen molar-refractivity contribution in [1.82, 2.24) is 5.32 Å². The van der Waals surface area contributed by atoms with Crippen LogP contribution in [-0.4, -0.2) is 12.5 Å². The first-order valence-corrected chi connectivity index (χ1v) is 8.76. The van der Waals surface area contributed by atoms with Gasteiger partial charge in [0.05, 0.1) is 5.41 Å². The Labute approximate surface area is 141 Å². The molecule has 0 radical (unpaired) electrons. The summed E-state index contributed by atoms with van der Waals surface area (Å²) in [5.41, 5.74) is 1.83. The molecule has 3 rings (SSSR count). The Morgan fingerprint density at radius 2 is 1.74 bits per heavy atom. The first kappa shape index (κ1) is 15.8. The average molecular weight is 323 g/mol. The van der Waals surface area contributed by atoms with Gasteiger partial charge in [0.25, 0.3) is 0 Å². The molecule has 1 aromatic heterocycles. The van der Waals surface area contributed by atoms with Crippen molar-refractivity contribution in [2.45, 2.75) is 25.7 Å². The standard InChI is InChI=1S/C20H21NOS/c1-20(2,16-8-4-3-5-9-16)19(22)21-13-12-15-14-23-18-11-7-6-10-17(15)18/h3-11,14H,12-13H2,1-2H3,(H,21,22). The molecule has 3 heteroatoms. The Balaban J connectivity index is 1.63. The number of hydrogen-bond acceptors (Lipinski definition) is 2. The van der Waals surface area contributed by atoms with E-state index in [4.69, 9.17) is 0 Å². The molecule has 2 nitrogen and oxygen atoms in total. The zero-order valence-electron chi connectivity index (χ0n) is 13.5. The van der Waals surface area contributed by atoms with Crippen LogP contribution in [0.25, 0.3) is 10.1 Å². The number of carbonyl (C=O) groups is 1. The largest absolute Gasteiger partial charge is 0.355 e. The third-order valence-electron chi connectivity index (χ3n) is 4.30. The zero-order chi connectivity index (χ0) is 16.3. The molecule has 118 valence electrons. The summed E-state index contributed by atoms with van der Waals surface area (Å²) >= 11 is 1.76. The highest BCUT2D eigenvalue weighted by atomic mass is 32.1. The molecule has 3 aromatic rings. The predicted octanol–water partition coefficient (Wildman–Crippen LogP) is 4.54. The quantitative estimate of drug-likeness (QED) is 0.734. The maximum Gasteiger partial charge on any atom is 0.230 e. The number of nitrogens with one attached hydrogen (secondary N) is 1. The monoisotopic (exact) mass is 323 g/mol. The van der Waals surface area contributed by atoms with Gasteiger partial charge in [-0.15, -0.1) is 11.3 Å².